The largest absolute Gasteiger partial charge is 0.308 e. The lowest BCUT2D eigenvalue weighted by molar-refractivity contribution is 1.21. The molecular formula is C70H43NS. The molecule has 0 spiro atoms. The van der Waals surface area contributed by atoms with Gasteiger partial charge in [-0.05, 0) is 124 Å². The van der Waals surface area contributed by atoms with Crippen molar-refractivity contribution in [3.63, 3.8) is 0 Å². The van der Waals surface area contributed by atoms with Gasteiger partial charge in [0, 0.05) is 41.7 Å². The molecule has 0 radical (unpaired) electrons. The molecule has 15 rings (SSSR count). The van der Waals surface area contributed by atoms with Crippen LogP contribution in [0, 0.1) is 0 Å². The summed E-state index contributed by atoms with van der Waals surface area (Å²) in [6.45, 7) is 0. The molecule has 334 valence electrons. The molecule has 72 heavy (non-hydrogen) atoms. The number of nitrogens with zero attached hydrogens (tertiary/aromatic N) is 1. The lowest BCUT2D eigenvalue weighted by Gasteiger charge is -2.20. The van der Waals surface area contributed by atoms with Crippen LogP contribution in [0.2, 0.25) is 0 Å². The maximum Gasteiger partial charge on any atom is 0.0619 e. The molecule has 13 aromatic carbocycles. The van der Waals surface area contributed by atoms with Gasteiger partial charge in [-0.2, -0.15) is 0 Å². The minimum atomic E-state index is 1.19. The predicted octanol–water partition coefficient (Wildman–Crippen LogP) is 20.1. The highest BCUT2D eigenvalue weighted by Crippen LogP contribution is 2.50. The molecule has 2 heterocycles. The first-order valence-corrected chi connectivity index (χ1v) is 25.6. The molecule has 0 aliphatic heterocycles. The lowest BCUT2D eigenvalue weighted by atomic mass is 9.85. The smallest absolute Gasteiger partial charge is 0.0619 e. The Morgan fingerprint density at radius 2 is 0.653 bits per heavy atom. The molecule has 0 fully saturated rings. The molecule has 0 unspecified atom stereocenters. The van der Waals surface area contributed by atoms with Crippen LogP contribution >= 0.6 is 11.3 Å². The van der Waals surface area contributed by atoms with Crippen molar-refractivity contribution in [1.82, 2.24) is 4.57 Å². The zero-order valence-corrected chi connectivity index (χ0v) is 40.0. The monoisotopic (exact) mass is 929 g/mol. The van der Waals surface area contributed by atoms with Crippen molar-refractivity contribution in [3.05, 3.63) is 261 Å². The third-order valence-corrected chi connectivity index (χ3v) is 16.3. The summed E-state index contributed by atoms with van der Waals surface area (Å²) in [5.41, 5.74) is 16.0. The summed E-state index contributed by atoms with van der Waals surface area (Å²) >= 11 is 1.90. The molecule has 0 aliphatic rings. The average molecular weight is 930 g/mol. The van der Waals surface area contributed by atoms with Crippen molar-refractivity contribution in [2.75, 3.05) is 0 Å². The second-order valence-corrected chi connectivity index (χ2v) is 20.1. The first-order valence-electron chi connectivity index (χ1n) is 24.8. The van der Waals surface area contributed by atoms with Gasteiger partial charge in [0.2, 0.25) is 0 Å². The highest BCUT2D eigenvalue weighted by atomic mass is 32.1. The van der Waals surface area contributed by atoms with Crippen molar-refractivity contribution < 1.29 is 0 Å². The van der Waals surface area contributed by atoms with E-state index in [0.717, 1.165) is 0 Å². The van der Waals surface area contributed by atoms with Crippen LogP contribution in [0.5, 0.6) is 0 Å². The van der Waals surface area contributed by atoms with E-state index in [4.69, 9.17) is 0 Å². The van der Waals surface area contributed by atoms with Gasteiger partial charge in [-0.25, -0.2) is 0 Å². The molecule has 0 N–H and O–H groups in total. The van der Waals surface area contributed by atoms with Crippen LogP contribution in [0.3, 0.4) is 0 Å². The number of thiophene rings is 1. The third-order valence-electron chi connectivity index (χ3n) is 15.2. The molecule has 1 nitrogen and oxygen atoms in total. The van der Waals surface area contributed by atoms with Crippen LogP contribution < -0.4 is 0 Å². The summed E-state index contributed by atoms with van der Waals surface area (Å²) in [6, 6.07) is 96.7. The average Bonchev–Trinajstić information content (AvgIpc) is 3.99. The van der Waals surface area contributed by atoms with Gasteiger partial charge in [0.05, 0.1) is 16.7 Å². The first kappa shape index (κ1) is 40.8. The van der Waals surface area contributed by atoms with E-state index in [1.54, 1.807) is 0 Å². The van der Waals surface area contributed by atoms with Gasteiger partial charge in [0.15, 0.2) is 0 Å². The second kappa shape index (κ2) is 16.2. The maximum atomic E-state index is 2.54. The van der Waals surface area contributed by atoms with E-state index in [1.807, 2.05) is 11.3 Å². The summed E-state index contributed by atoms with van der Waals surface area (Å²) in [7, 11) is 0. The molecular weight excluding hydrogens is 887 g/mol. The lowest BCUT2D eigenvalue weighted by Crippen LogP contribution is -1.99. The van der Waals surface area contributed by atoms with Crippen LogP contribution in [-0.4, -0.2) is 4.57 Å². The predicted molar refractivity (Wildman–Crippen MR) is 311 cm³/mol. The van der Waals surface area contributed by atoms with Crippen molar-refractivity contribution in [1.29, 1.82) is 0 Å². The Morgan fingerprint density at radius 3 is 1.17 bits per heavy atom. The molecule has 0 atom stereocenters. The standard InChI is InChI=1S/C70H43NS/c1-4-19-44(20-5-1)47-36-39-62-60(41-47)61-42-48(45-21-6-2-7-22-45)37-40-63(61)71(62)70-56-31-16-14-29-54(56)67(55-30-15-17-32-57(55)70)49-35-38-58-65(43-49)72-64-34-18-33-59(69(58)64)68-52-27-12-10-25-50(52)66(46-23-8-3-9-24-46)51-26-11-13-28-53(51)68/h1-43H. The molecule has 0 saturated heterocycles. The van der Waals surface area contributed by atoms with E-state index < -0.39 is 0 Å². The minimum absolute atomic E-state index is 1.19. The van der Waals surface area contributed by atoms with Crippen molar-refractivity contribution in [2.24, 2.45) is 0 Å². The maximum absolute atomic E-state index is 2.54. The Kier molecular flexibility index (Phi) is 9.20. The Morgan fingerprint density at radius 1 is 0.236 bits per heavy atom. The highest BCUT2D eigenvalue weighted by Gasteiger charge is 2.24. The van der Waals surface area contributed by atoms with Crippen LogP contribution in [0.15, 0.2) is 261 Å². The van der Waals surface area contributed by atoms with Crippen LogP contribution in [0.1, 0.15) is 0 Å². The Hall–Kier alpha value is -9.08. The molecule has 15 aromatic rings. The van der Waals surface area contributed by atoms with Gasteiger partial charge in [0.25, 0.3) is 0 Å². The number of hydrogen-bond acceptors (Lipinski definition) is 1. The second-order valence-electron chi connectivity index (χ2n) is 19.0. The Bertz CT molecular complexity index is 4450. The van der Waals surface area contributed by atoms with Crippen LogP contribution in [-0.2, 0) is 0 Å². The highest BCUT2D eigenvalue weighted by molar-refractivity contribution is 7.26. The first-order chi connectivity index (χ1) is 35.7. The summed E-state index contributed by atoms with van der Waals surface area (Å²) in [5, 5.41) is 15.1. The van der Waals surface area contributed by atoms with E-state index in [2.05, 4.69) is 265 Å². The van der Waals surface area contributed by atoms with E-state index in [1.165, 1.54) is 146 Å². The molecule has 2 heteroatoms. The van der Waals surface area contributed by atoms with Gasteiger partial charge >= 0.3 is 0 Å². The fraction of sp³-hybridized carbons (Fsp3) is 0. The fourth-order valence-electron chi connectivity index (χ4n) is 12.1. The van der Waals surface area contributed by atoms with Gasteiger partial charge in [0.1, 0.15) is 0 Å². The van der Waals surface area contributed by atoms with Crippen LogP contribution in [0.25, 0.3) is 146 Å². The fourth-order valence-corrected chi connectivity index (χ4v) is 13.2. The number of rotatable bonds is 6. The third kappa shape index (κ3) is 6.19. The zero-order valence-electron chi connectivity index (χ0n) is 39.2. The molecule has 0 aliphatic carbocycles. The van der Waals surface area contributed by atoms with Crippen LogP contribution in [0.4, 0.5) is 0 Å². The van der Waals surface area contributed by atoms with Gasteiger partial charge in [-0.15, -0.1) is 11.3 Å². The Labute approximate surface area is 420 Å². The van der Waals surface area contributed by atoms with E-state index in [9.17, 15) is 0 Å². The van der Waals surface area contributed by atoms with Crippen molar-refractivity contribution in [2.45, 2.75) is 0 Å². The quantitative estimate of drug-likeness (QED) is 0.146. The summed E-state index contributed by atoms with van der Waals surface area (Å²) in [5.74, 6) is 0. The number of fused-ring (bicyclic) bond motifs is 10. The molecule has 2 aromatic heterocycles. The van der Waals surface area contributed by atoms with Gasteiger partial charge in [-0.1, -0.05) is 224 Å². The number of hydrogen-bond donors (Lipinski definition) is 0. The van der Waals surface area contributed by atoms with Crippen molar-refractivity contribution in [3.8, 4) is 61.3 Å². The van der Waals surface area contributed by atoms with E-state index in [0.29, 0.717) is 0 Å². The molecule has 0 bridgehead atoms. The Balaban J connectivity index is 0.956. The SMILES string of the molecule is c1ccc(-c2ccc3c(c2)c2cc(-c4ccccc4)ccc2n3-c2c3ccccc3c(-c3ccc4c(c3)sc3cccc(-c5c6ccccc6c(-c6ccccc6)c6ccccc56)c34)c3ccccc23)cc1. The summed E-state index contributed by atoms with van der Waals surface area (Å²) < 4.78 is 5.12. The molecule has 0 saturated carbocycles. The summed E-state index contributed by atoms with van der Waals surface area (Å²) in [6.07, 6.45) is 0. The van der Waals surface area contributed by atoms with Gasteiger partial charge < -0.3 is 4.57 Å². The molecule has 0 amide bonds. The van der Waals surface area contributed by atoms with E-state index in [-0.39, 0.29) is 0 Å². The zero-order chi connectivity index (χ0) is 47.3. The van der Waals surface area contributed by atoms with Crippen molar-refractivity contribution >= 4 is 96.4 Å². The van der Waals surface area contributed by atoms with E-state index >= 15 is 0 Å². The minimum Gasteiger partial charge on any atom is -0.308 e. The summed E-state index contributed by atoms with van der Waals surface area (Å²) in [4.78, 5) is 0. The normalized spacial score (nSPS) is 11.9. The van der Waals surface area contributed by atoms with Gasteiger partial charge in [-0.3, -0.25) is 0 Å². The number of benzene rings is 13. The topological polar surface area (TPSA) is 4.93 Å². The number of aromatic nitrogens is 1.